The molecule has 0 aliphatic carbocycles. The SMILES string of the molecule is CCOc1ccc(S(=O)(=O)Nc2ccc(N3CCN(C)CC3)cc2)cc1. The van der Waals surface area contributed by atoms with Crippen molar-refractivity contribution in [3.63, 3.8) is 0 Å². The molecule has 1 aliphatic heterocycles. The average Bonchev–Trinajstić information content (AvgIpc) is 2.64. The van der Waals surface area contributed by atoms with Gasteiger partial charge in [-0.2, -0.15) is 0 Å². The van der Waals surface area contributed by atoms with Crippen LogP contribution in [0.5, 0.6) is 5.75 Å². The Kier molecular flexibility index (Phi) is 5.68. The van der Waals surface area contributed by atoms with Crippen LogP contribution in [0.1, 0.15) is 6.92 Å². The number of hydrogen-bond acceptors (Lipinski definition) is 5. The number of benzene rings is 2. The summed E-state index contributed by atoms with van der Waals surface area (Å²) in [5.74, 6) is 0.656. The smallest absolute Gasteiger partial charge is 0.261 e. The molecular formula is C19H25N3O3S. The number of anilines is 2. The van der Waals surface area contributed by atoms with E-state index in [1.165, 1.54) is 0 Å². The number of rotatable bonds is 6. The lowest BCUT2D eigenvalue weighted by Gasteiger charge is -2.34. The van der Waals surface area contributed by atoms with E-state index in [0.717, 1.165) is 31.9 Å². The van der Waals surface area contributed by atoms with Gasteiger partial charge in [0.2, 0.25) is 0 Å². The van der Waals surface area contributed by atoms with Crippen LogP contribution in [0.15, 0.2) is 53.4 Å². The molecule has 1 fully saturated rings. The van der Waals surface area contributed by atoms with E-state index in [2.05, 4.69) is 21.6 Å². The molecule has 0 bridgehead atoms. The molecule has 2 aromatic rings. The standard InChI is InChI=1S/C19H25N3O3S/c1-3-25-18-8-10-19(11-9-18)26(23,24)20-16-4-6-17(7-5-16)22-14-12-21(2)13-15-22/h4-11,20H,3,12-15H2,1-2H3. The molecule has 7 heteroatoms. The number of ether oxygens (including phenoxy) is 1. The molecule has 3 rings (SSSR count). The molecule has 0 saturated carbocycles. The predicted octanol–water partition coefficient (Wildman–Crippen LogP) is 2.64. The van der Waals surface area contributed by atoms with E-state index in [1.807, 2.05) is 19.1 Å². The highest BCUT2D eigenvalue weighted by Gasteiger charge is 2.16. The second kappa shape index (κ2) is 7.97. The highest BCUT2D eigenvalue weighted by Crippen LogP contribution is 2.22. The van der Waals surface area contributed by atoms with Crippen LogP contribution in [0.25, 0.3) is 0 Å². The summed E-state index contributed by atoms with van der Waals surface area (Å²) in [4.78, 5) is 4.82. The van der Waals surface area contributed by atoms with Crippen molar-refractivity contribution in [1.29, 1.82) is 0 Å². The summed E-state index contributed by atoms with van der Waals surface area (Å²) in [7, 11) is -1.49. The summed E-state index contributed by atoms with van der Waals surface area (Å²) in [6.07, 6.45) is 0. The first-order valence-corrected chi connectivity index (χ1v) is 10.3. The molecule has 1 saturated heterocycles. The molecule has 0 aromatic heterocycles. The minimum atomic E-state index is -3.62. The maximum absolute atomic E-state index is 12.5. The highest BCUT2D eigenvalue weighted by atomic mass is 32.2. The van der Waals surface area contributed by atoms with Gasteiger partial charge in [-0.05, 0) is 62.5 Å². The Morgan fingerprint density at radius 1 is 0.962 bits per heavy atom. The van der Waals surface area contributed by atoms with Gasteiger partial charge in [0.25, 0.3) is 10.0 Å². The van der Waals surface area contributed by atoms with E-state index in [0.29, 0.717) is 18.0 Å². The highest BCUT2D eigenvalue weighted by molar-refractivity contribution is 7.92. The predicted molar refractivity (Wildman–Crippen MR) is 105 cm³/mol. The number of hydrogen-bond donors (Lipinski definition) is 1. The molecule has 0 spiro atoms. The zero-order chi connectivity index (χ0) is 18.6. The van der Waals surface area contributed by atoms with Crippen molar-refractivity contribution in [3.8, 4) is 5.75 Å². The zero-order valence-electron chi connectivity index (χ0n) is 15.2. The molecule has 0 radical (unpaired) electrons. The molecule has 0 atom stereocenters. The van der Waals surface area contributed by atoms with Crippen molar-refractivity contribution in [1.82, 2.24) is 4.90 Å². The first-order valence-electron chi connectivity index (χ1n) is 8.77. The number of likely N-dealkylation sites (N-methyl/N-ethyl adjacent to an activating group) is 1. The summed E-state index contributed by atoms with van der Waals surface area (Å²) in [5, 5.41) is 0. The van der Waals surface area contributed by atoms with E-state index < -0.39 is 10.0 Å². The van der Waals surface area contributed by atoms with Crippen LogP contribution in [-0.4, -0.2) is 53.2 Å². The van der Waals surface area contributed by atoms with Crippen molar-refractivity contribution in [2.75, 3.05) is 49.5 Å². The molecule has 0 unspecified atom stereocenters. The summed E-state index contributed by atoms with van der Waals surface area (Å²) < 4.78 is 33.0. The fourth-order valence-corrected chi connectivity index (χ4v) is 3.96. The molecule has 0 amide bonds. The van der Waals surface area contributed by atoms with E-state index in [-0.39, 0.29) is 4.90 Å². The van der Waals surface area contributed by atoms with Gasteiger partial charge in [0.05, 0.1) is 11.5 Å². The Morgan fingerprint density at radius 3 is 2.15 bits per heavy atom. The van der Waals surface area contributed by atoms with Crippen LogP contribution in [0.4, 0.5) is 11.4 Å². The van der Waals surface area contributed by atoms with Crippen LogP contribution in [0.2, 0.25) is 0 Å². The summed E-state index contributed by atoms with van der Waals surface area (Å²) in [6, 6.07) is 13.9. The molecule has 140 valence electrons. The Labute approximate surface area is 155 Å². The zero-order valence-corrected chi connectivity index (χ0v) is 16.0. The van der Waals surface area contributed by atoms with Crippen LogP contribution in [0, 0.1) is 0 Å². The Morgan fingerprint density at radius 2 is 1.58 bits per heavy atom. The number of piperazine rings is 1. The second-order valence-electron chi connectivity index (χ2n) is 6.35. The fourth-order valence-electron chi connectivity index (χ4n) is 2.90. The van der Waals surface area contributed by atoms with Gasteiger partial charge in [-0.3, -0.25) is 4.72 Å². The van der Waals surface area contributed by atoms with Gasteiger partial charge in [-0.15, -0.1) is 0 Å². The summed E-state index contributed by atoms with van der Waals surface area (Å²) in [5.41, 5.74) is 1.67. The van der Waals surface area contributed by atoms with Gasteiger partial charge in [0.15, 0.2) is 0 Å². The van der Waals surface area contributed by atoms with Gasteiger partial charge >= 0.3 is 0 Å². The minimum Gasteiger partial charge on any atom is -0.494 e. The third kappa shape index (κ3) is 4.47. The monoisotopic (exact) mass is 375 g/mol. The van der Waals surface area contributed by atoms with Crippen molar-refractivity contribution < 1.29 is 13.2 Å². The molecule has 1 heterocycles. The van der Waals surface area contributed by atoms with E-state index in [1.54, 1.807) is 36.4 Å². The second-order valence-corrected chi connectivity index (χ2v) is 8.03. The number of nitrogens with one attached hydrogen (secondary N) is 1. The van der Waals surface area contributed by atoms with E-state index in [9.17, 15) is 8.42 Å². The quantitative estimate of drug-likeness (QED) is 0.841. The lowest BCUT2D eigenvalue weighted by Crippen LogP contribution is -2.44. The van der Waals surface area contributed by atoms with Crippen LogP contribution in [0.3, 0.4) is 0 Å². The van der Waals surface area contributed by atoms with Crippen LogP contribution >= 0.6 is 0 Å². The lowest BCUT2D eigenvalue weighted by atomic mass is 10.2. The van der Waals surface area contributed by atoms with Gasteiger partial charge in [0, 0.05) is 37.6 Å². The lowest BCUT2D eigenvalue weighted by molar-refractivity contribution is 0.313. The van der Waals surface area contributed by atoms with Crippen molar-refractivity contribution >= 4 is 21.4 Å². The normalized spacial score (nSPS) is 15.7. The van der Waals surface area contributed by atoms with Gasteiger partial charge < -0.3 is 14.5 Å². The van der Waals surface area contributed by atoms with Crippen molar-refractivity contribution in [2.24, 2.45) is 0 Å². The maximum Gasteiger partial charge on any atom is 0.261 e. The third-order valence-electron chi connectivity index (χ3n) is 4.43. The fraction of sp³-hybridized carbons (Fsp3) is 0.368. The third-order valence-corrected chi connectivity index (χ3v) is 5.83. The Hall–Kier alpha value is -2.25. The largest absolute Gasteiger partial charge is 0.494 e. The maximum atomic E-state index is 12.5. The Balaban J connectivity index is 1.67. The van der Waals surface area contributed by atoms with E-state index in [4.69, 9.17) is 4.74 Å². The van der Waals surface area contributed by atoms with Crippen molar-refractivity contribution in [3.05, 3.63) is 48.5 Å². The summed E-state index contributed by atoms with van der Waals surface area (Å²) >= 11 is 0. The van der Waals surface area contributed by atoms with Gasteiger partial charge in [-0.1, -0.05) is 0 Å². The minimum absolute atomic E-state index is 0.212. The van der Waals surface area contributed by atoms with Gasteiger partial charge in [-0.25, -0.2) is 8.42 Å². The number of sulfonamides is 1. The topological polar surface area (TPSA) is 61.9 Å². The summed E-state index contributed by atoms with van der Waals surface area (Å²) in [6.45, 7) is 6.46. The molecule has 1 aliphatic rings. The molecule has 6 nitrogen and oxygen atoms in total. The van der Waals surface area contributed by atoms with Gasteiger partial charge in [0.1, 0.15) is 5.75 Å². The number of nitrogens with zero attached hydrogens (tertiary/aromatic N) is 2. The average molecular weight is 375 g/mol. The molecule has 1 N–H and O–H groups in total. The van der Waals surface area contributed by atoms with Crippen LogP contribution < -0.4 is 14.4 Å². The van der Waals surface area contributed by atoms with Crippen LogP contribution in [-0.2, 0) is 10.0 Å². The van der Waals surface area contributed by atoms with Crippen molar-refractivity contribution in [2.45, 2.75) is 11.8 Å². The molecule has 2 aromatic carbocycles. The molecule has 26 heavy (non-hydrogen) atoms. The first-order chi connectivity index (χ1) is 12.5. The first kappa shape index (κ1) is 18.5. The Bertz CT molecular complexity index is 812. The van der Waals surface area contributed by atoms with E-state index >= 15 is 0 Å². The molecular weight excluding hydrogens is 350 g/mol.